The van der Waals surface area contributed by atoms with Crippen molar-refractivity contribution < 1.29 is 39.1 Å². The van der Waals surface area contributed by atoms with Crippen LogP contribution in [0.1, 0.15) is 26.3 Å². The topological polar surface area (TPSA) is 34.1 Å². The van der Waals surface area contributed by atoms with Gasteiger partial charge in [0.2, 0.25) is 0 Å². The van der Waals surface area contributed by atoms with Crippen molar-refractivity contribution in [3.8, 4) is 0 Å². The van der Waals surface area contributed by atoms with Gasteiger partial charge >= 0.3 is 29.6 Å². The summed E-state index contributed by atoms with van der Waals surface area (Å²) in [6, 6.07) is 16.0. The molecule has 0 atom stereocenters. The van der Waals surface area contributed by atoms with E-state index in [1.807, 2.05) is 18.2 Å². The van der Waals surface area contributed by atoms with Gasteiger partial charge in [0, 0.05) is 0 Å². The molecule has 0 aliphatic heterocycles. The van der Waals surface area contributed by atoms with E-state index in [1.165, 1.54) is 0 Å². The number of Topliss-reactive ketones (excluding diaryl/α,β-unsaturated/α-hetero) is 2. The third-order valence-corrected chi connectivity index (χ3v) is 2.93. The fourth-order valence-electron chi connectivity index (χ4n) is 2.12. The van der Waals surface area contributed by atoms with Gasteiger partial charge < -0.3 is 9.59 Å². The zero-order valence-electron chi connectivity index (χ0n) is 10.0. The second kappa shape index (κ2) is 5.11. The minimum Gasteiger partial charge on any atom is -0.307 e. The molecule has 0 amide bonds. The Hall–Kier alpha value is -1.35. The molecule has 0 spiro atoms. The Labute approximate surface area is 127 Å². The molecule has 1 aliphatic rings. The molecule has 3 heteroatoms. The monoisotopic (exact) mass is 244 g/mol. The Morgan fingerprint density at radius 2 is 1.11 bits per heavy atom. The minimum atomic E-state index is -0.170. The molecule has 82 valence electrons. The summed E-state index contributed by atoms with van der Waals surface area (Å²) in [4.78, 5) is 24.3. The van der Waals surface area contributed by atoms with E-state index in [9.17, 15) is 9.59 Å². The molecule has 2 nitrogen and oxygen atoms in total. The SMILES string of the molecule is O=C1c2ccccc2C(=O)[C-]1c1ccccc1.[Na+]. The second-order valence-electron chi connectivity index (χ2n) is 3.94. The van der Waals surface area contributed by atoms with Crippen LogP contribution in [0.2, 0.25) is 0 Å². The largest absolute Gasteiger partial charge is 1.00 e. The molecule has 0 saturated heterocycles. The number of hydrogen-bond donors (Lipinski definition) is 0. The Balaban J connectivity index is 0.00000120. The number of benzene rings is 2. The van der Waals surface area contributed by atoms with Crippen LogP contribution in [0.15, 0.2) is 54.6 Å². The summed E-state index contributed by atoms with van der Waals surface area (Å²) in [5.41, 5.74) is 1.71. The zero-order valence-corrected chi connectivity index (χ0v) is 12.0. The van der Waals surface area contributed by atoms with Crippen LogP contribution >= 0.6 is 0 Å². The number of rotatable bonds is 1. The Morgan fingerprint density at radius 3 is 1.61 bits per heavy atom. The van der Waals surface area contributed by atoms with Crippen molar-refractivity contribution in [2.45, 2.75) is 0 Å². The molecule has 0 aromatic heterocycles. The van der Waals surface area contributed by atoms with Crippen LogP contribution in [0.3, 0.4) is 0 Å². The summed E-state index contributed by atoms with van der Waals surface area (Å²) in [5, 5.41) is 0. The van der Waals surface area contributed by atoms with E-state index in [4.69, 9.17) is 0 Å². The number of ketones is 2. The Bertz CT molecular complexity index is 570. The average molecular weight is 244 g/mol. The number of fused-ring (bicyclic) bond motifs is 1. The van der Waals surface area contributed by atoms with E-state index in [-0.39, 0.29) is 47.0 Å². The van der Waals surface area contributed by atoms with Gasteiger partial charge in [0.15, 0.2) is 0 Å². The first-order valence-electron chi connectivity index (χ1n) is 5.40. The molecule has 0 saturated carbocycles. The predicted octanol–water partition coefficient (Wildman–Crippen LogP) is -0.308. The van der Waals surface area contributed by atoms with Gasteiger partial charge in [-0.15, -0.1) is 17.7 Å². The summed E-state index contributed by atoms with van der Waals surface area (Å²) in [6.45, 7) is 0. The molecular formula is C15H9NaO2. The quantitative estimate of drug-likeness (QED) is 0.509. The normalized spacial score (nSPS) is 13.2. The van der Waals surface area contributed by atoms with Crippen molar-refractivity contribution in [2.75, 3.05) is 0 Å². The molecule has 18 heavy (non-hydrogen) atoms. The number of hydrogen-bond acceptors (Lipinski definition) is 2. The summed E-state index contributed by atoms with van der Waals surface area (Å²) in [7, 11) is 0. The Kier molecular flexibility index (Phi) is 3.71. The van der Waals surface area contributed by atoms with Crippen molar-refractivity contribution in [1.82, 2.24) is 0 Å². The molecule has 0 unspecified atom stereocenters. The van der Waals surface area contributed by atoms with Crippen LogP contribution in [-0.4, -0.2) is 11.6 Å². The number of carbonyl (C=O) groups is 2. The van der Waals surface area contributed by atoms with Gasteiger partial charge in [0.05, 0.1) is 0 Å². The van der Waals surface area contributed by atoms with E-state index in [0.29, 0.717) is 16.7 Å². The van der Waals surface area contributed by atoms with Crippen LogP contribution in [0.4, 0.5) is 0 Å². The van der Waals surface area contributed by atoms with E-state index in [1.54, 1.807) is 36.4 Å². The van der Waals surface area contributed by atoms with Crippen LogP contribution in [0.25, 0.3) is 0 Å². The van der Waals surface area contributed by atoms with Gasteiger partial charge in [0.25, 0.3) is 0 Å². The molecule has 2 aromatic carbocycles. The fraction of sp³-hybridized carbons (Fsp3) is 0. The summed E-state index contributed by atoms with van der Waals surface area (Å²) in [5.74, 6) is -0.0552. The van der Waals surface area contributed by atoms with Crippen LogP contribution in [0, 0.1) is 5.92 Å². The van der Waals surface area contributed by atoms with Gasteiger partial charge in [-0.3, -0.25) is 0 Å². The molecule has 3 rings (SSSR count). The minimum absolute atomic E-state index is 0. The second-order valence-corrected chi connectivity index (χ2v) is 3.94. The van der Waals surface area contributed by atoms with Gasteiger partial charge in [-0.1, -0.05) is 53.6 Å². The van der Waals surface area contributed by atoms with Crippen molar-refractivity contribution in [3.63, 3.8) is 0 Å². The Morgan fingerprint density at radius 1 is 0.667 bits per heavy atom. The fourth-order valence-corrected chi connectivity index (χ4v) is 2.12. The zero-order chi connectivity index (χ0) is 11.8. The van der Waals surface area contributed by atoms with E-state index >= 15 is 0 Å². The summed E-state index contributed by atoms with van der Waals surface area (Å²) in [6.07, 6.45) is 0. The molecule has 0 heterocycles. The van der Waals surface area contributed by atoms with Crippen molar-refractivity contribution in [2.24, 2.45) is 0 Å². The molecular weight excluding hydrogens is 235 g/mol. The first-order valence-corrected chi connectivity index (χ1v) is 5.40. The van der Waals surface area contributed by atoms with Crippen molar-refractivity contribution in [3.05, 3.63) is 77.2 Å². The standard InChI is InChI=1S/C15H9O2.Na/c16-14-11-8-4-5-9-12(11)15(17)13(14)10-6-2-1-3-7-10;/h1-9H;/q-1;+1. The van der Waals surface area contributed by atoms with Crippen molar-refractivity contribution >= 4 is 11.6 Å². The van der Waals surface area contributed by atoms with Crippen LogP contribution < -0.4 is 29.6 Å². The van der Waals surface area contributed by atoms with Crippen LogP contribution in [-0.2, 0) is 0 Å². The molecule has 2 aromatic rings. The molecule has 0 bridgehead atoms. The maximum Gasteiger partial charge on any atom is 1.00 e. The number of carbonyl (C=O) groups excluding carboxylic acids is 2. The molecule has 0 N–H and O–H groups in total. The van der Waals surface area contributed by atoms with Gasteiger partial charge in [0.1, 0.15) is 11.6 Å². The first kappa shape index (κ1) is 13.1. The molecule has 0 fully saturated rings. The van der Waals surface area contributed by atoms with E-state index < -0.39 is 0 Å². The van der Waals surface area contributed by atoms with Crippen LogP contribution in [0.5, 0.6) is 0 Å². The van der Waals surface area contributed by atoms with E-state index in [2.05, 4.69) is 0 Å². The third-order valence-electron chi connectivity index (χ3n) is 2.93. The van der Waals surface area contributed by atoms with Gasteiger partial charge in [-0.2, -0.15) is 0 Å². The maximum absolute atomic E-state index is 12.1. The predicted molar refractivity (Wildman–Crippen MR) is 63.9 cm³/mol. The third kappa shape index (κ3) is 1.93. The molecule has 0 radical (unpaired) electrons. The van der Waals surface area contributed by atoms with Gasteiger partial charge in [-0.05, 0) is 5.92 Å². The van der Waals surface area contributed by atoms with E-state index in [0.717, 1.165) is 0 Å². The van der Waals surface area contributed by atoms with Crippen molar-refractivity contribution in [1.29, 1.82) is 0 Å². The smallest absolute Gasteiger partial charge is 0.307 e. The first-order chi connectivity index (χ1) is 8.29. The summed E-state index contributed by atoms with van der Waals surface area (Å²) < 4.78 is 0. The molecule has 1 aliphatic carbocycles. The summed E-state index contributed by atoms with van der Waals surface area (Å²) >= 11 is 0. The average Bonchev–Trinajstić information content (AvgIpc) is 2.64. The maximum atomic E-state index is 12.1. The van der Waals surface area contributed by atoms with Gasteiger partial charge in [-0.25, -0.2) is 0 Å².